The van der Waals surface area contributed by atoms with Crippen molar-refractivity contribution in [2.45, 2.75) is 25.4 Å². The van der Waals surface area contributed by atoms with E-state index in [1.807, 2.05) is 12.1 Å². The topological polar surface area (TPSA) is 29.5 Å². The molecule has 0 aliphatic heterocycles. The molecule has 21 heavy (non-hydrogen) atoms. The summed E-state index contributed by atoms with van der Waals surface area (Å²) in [5.41, 5.74) is 3.64. The van der Waals surface area contributed by atoms with Gasteiger partial charge in [-0.25, -0.2) is 0 Å². The average molecular weight is 303 g/mol. The van der Waals surface area contributed by atoms with E-state index in [0.29, 0.717) is 10.8 Å². The Morgan fingerprint density at radius 3 is 2.71 bits per heavy atom. The first kappa shape index (κ1) is 14.4. The Balaban J connectivity index is 1.82. The van der Waals surface area contributed by atoms with Crippen LogP contribution in [-0.2, 0) is 12.8 Å². The first-order valence-corrected chi connectivity index (χ1v) is 7.65. The molecule has 2 atom stereocenters. The summed E-state index contributed by atoms with van der Waals surface area (Å²) in [5, 5.41) is 11.3. The number of aryl methyl sites for hydroxylation is 1. The zero-order chi connectivity index (χ0) is 14.8. The minimum Gasteiger partial charge on any atom is -0.495 e. The SMILES string of the molecule is COc1cc(C(O)C2CCc3ccccc3C2)ccc1Cl. The van der Waals surface area contributed by atoms with Crippen molar-refractivity contribution in [1.29, 1.82) is 0 Å². The van der Waals surface area contributed by atoms with Gasteiger partial charge in [0.25, 0.3) is 0 Å². The number of halogens is 1. The number of hydrogen-bond acceptors (Lipinski definition) is 2. The van der Waals surface area contributed by atoms with Crippen molar-refractivity contribution >= 4 is 11.6 Å². The van der Waals surface area contributed by atoms with Gasteiger partial charge in [0.2, 0.25) is 0 Å². The smallest absolute Gasteiger partial charge is 0.137 e. The molecule has 2 unspecified atom stereocenters. The van der Waals surface area contributed by atoms with Crippen LogP contribution in [0.4, 0.5) is 0 Å². The summed E-state index contributed by atoms with van der Waals surface area (Å²) in [5.74, 6) is 0.857. The Hall–Kier alpha value is -1.51. The molecule has 0 saturated heterocycles. The highest BCUT2D eigenvalue weighted by Crippen LogP contribution is 2.36. The molecule has 0 radical (unpaired) electrons. The number of rotatable bonds is 3. The highest BCUT2D eigenvalue weighted by atomic mass is 35.5. The van der Waals surface area contributed by atoms with Crippen LogP contribution in [0.1, 0.15) is 29.2 Å². The summed E-state index contributed by atoms with van der Waals surface area (Å²) < 4.78 is 5.24. The van der Waals surface area contributed by atoms with Crippen molar-refractivity contribution in [2.75, 3.05) is 7.11 Å². The largest absolute Gasteiger partial charge is 0.495 e. The first-order valence-electron chi connectivity index (χ1n) is 7.27. The maximum atomic E-state index is 10.7. The van der Waals surface area contributed by atoms with Crippen LogP contribution in [0.25, 0.3) is 0 Å². The molecule has 0 heterocycles. The minimum atomic E-state index is -0.482. The molecule has 0 bridgehead atoms. The molecule has 0 spiro atoms. The molecule has 0 aromatic heterocycles. The van der Waals surface area contributed by atoms with Gasteiger partial charge in [0.15, 0.2) is 0 Å². The Labute approximate surface area is 130 Å². The molecule has 3 heteroatoms. The van der Waals surface area contributed by atoms with Crippen LogP contribution in [-0.4, -0.2) is 12.2 Å². The molecule has 1 aliphatic rings. The molecule has 1 N–H and O–H groups in total. The number of benzene rings is 2. The van der Waals surface area contributed by atoms with E-state index in [-0.39, 0.29) is 5.92 Å². The standard InChI is InChI=1S/C18H19ClO2/c1-21-17-11-15(8-9-16(17)19)18(20)14-7-6-12-4-2-3-5-13(12)10-14/h2-5,8-9,11,14,18,20H,6-7,10H2,1H3. The molecule has 0 amide bonds. The predicted molar refractivity (Wildman–Crippen MR) is 84.9 cm³/mol. The van der Waals surface area contributed by atoms with Gasteiger partial charge in [0, 0.05) is 0 Å². The summed E-state index contributed by atoms with van der Waals surface area (Å²) in [6.45, 7) is 0. The molecular formula is C18H19ClO2. The Kier molecular flexibility index (Phi) is 4.18. The fourth-order valence-corrected chi connectivity index (χ4v) is 3.32. The molecule has 0 saturated carbocycles. The summed E-state index contributed by atoms with van der Waals surface area (Å²) in [6.07, 6.45) is 2.47. The Morgan fingerprint density at radius 2 is 1.95 bits per heavy atom. The van der Waals surface area contributed by atoms with Crippen molar-refractivity contribution in [3.63, 3.8) is 0 Å². The van der Waals surface area contributed by atoms with E-state index in [9.17, 15) is 5.11 Å². The second kappa shape index (κ2) is 6.08. The monoisotopic (exact) mass is 302 g/mol. The lowest BCUT2D eigenvalue weighted by Gasteiger charge is -2.29. The predicted octanol–water partition coefficient (Wildman–Crippen LogP) is 4.19. The molecule has 1 aliphatic carbocycles. The maximum Gasteiger partial charge on any atom is 0.137 e. The maximum absolute atomic E-state index is 10.7. The van der Waals surface area contributed by atoms with Gasteiger partial charge in [0.05, 0.1) is 18.2 Å². The number of hydrogen-bond donors (Lipinski definition) is 1. The molecule has 2 aromatic carbocycles. The number of ether oxygens (including phenoxy) is 1. The third kappa shape index (κ3) is 2.92. The van der Waals surface area contributed by atoms with Crippen LogP contribution in [0.15, 0.2) is 42.5 Å². The Bertz CT molecular complexity index is 639. The number of methoxy groups -OCH3 is 1. The first-order chi connectivity index (χ1) is 10.2. The normalized spacial score (nSPS) is 18.9. The summed E-state index contributed by atoms with van der Waals surface area (Å²) in [4.78, 5) is 0. The van der Waals surface area contributed by atoms with E-state index in [1.165, 1.54) is 11.1 Å². The summed E-state index contributed by atoms with van der Waals surface area (Å²) in [6, 6.07) is 14.0. The van der Waals surface area contributed by atoms with E-state index >= 15 is 0 Å². The lowest BCUT2D eigenvalue weighted by molar-refractivity contribution is 0.0993. The third-order valence-corrected chi connectivity index (χ3v) is 4.66. The van der Waals surface area contributed by atoms with Gasteiger partial charge in [0.1, 0.15) is 5.75 Å². The zero-order valence-corrected chi connectivity index (χ0v) is 12.8. The van der Waals surface area contributed by atoms with Crippen LogP contribution in [0, 0.1) is 5.92 Å². The van der Waals surface area contributed by atoms with Crippen molar-refractivity contribution < 1.29 is 9.84 Å². The van der Waals surface area contributed by atoms with E-state index in [2.05, 4.69) is 24.3 Å². The second-order valence-corrected chi connectivity index (χ2v) is 6.02. The van der Waals surface area contributed by atoms with Crippen molar-refractivity contribution in [3.8, 4) is 5.75 Å². The number of aliphatic hydroxyl groups is 1. The van der Waals surface area contributed by atoms with Gasteiger partial charge < -0.3 is 9.84 Å². The fourth-order valence-electron chi connectivity index (χ4n) is 3.13. The van der Waals surface area contributed by atoms with E-state index < -0.39 is 6.10 Å². The van der Waals surface area contributed by atoms with Gasteiger partial charge in [-0.1, -0.05) is 41.9 Å². The fraction of sp³-hybridized carbons (Fsp3) is 0.333. The molecule has 2 nitrogen and oxygen atoms in total. The van der Waals surface area contributed by atoms with Crippen LogP contribution in [0.2, 0.25) is 5.02 Å². The number of fused-ring (bicyclic) bond motifs is 1. The van der Waals surface area contributed by atoms with Crippen molar-refractivity contribution in [3.05, 3.63) is 64.2 Å². The van der Waals surface area contributed by atoms with Gasteiger partial charge >= 0.3 is 0 Å². The highest BCUT2D eigenvalue weighted by molar-refractivity contribution is 6.32. The molecule has 3 rings (SSSR count). The highest BCUT2D eigenvalue weighted by Gasteiger charge is 2.26. The molecule has 0 fully saturated rings. The molecule has 2 aromatic rings. The van der Waals surface area contributed by atoms with Crippen molar-refractivity contribution in [2.24, 2.45) is 5.92 Å². The quantitative estimate of drug-likeness (QED) is 0.921. The van der Waals surface area contributed by atoms with Crippen LogP contribution < -0.4 is 4.74 Å². The van der Waals surface area contributed by atoms with Gasteiger partial charge in [-0.05, 0) is 54.0 Å². The zero-order valence-electron chi connectivity index (χ0n) is 12.1. The third-order valence-electron chi connectivity index (χ3n) is 4.35. The molecular weight excluding hydrogens is 284 g/mol. The Morgan fingerprint density at radius 1 is 1.19 bits per heavy atom. The van der Waals surface area contributed by atoms with E-state index in [0.717, 1.165) is 24.8 Å². The average Bonchev–Trinajstić information content (AvgIpc) is 2.54. The van der Waals surface area contributed by atoms with E-state index in [4.69, 9.17) is 16.3 Å². The van der Waals surface area contributed by atoms with Gasteiger partial charge in [-0.15, -0.1) is 0 Å². The number of aliphatic hydroxyl groups excluding tert-OH is 1. The lowest BCUT2D eigenvalue weighted by atomic mass is 9.79. The van der Waals surface area contributed by atoms with Gasteiger partial charge in [-0.2, -0.15) is 0 Å². The van der Waals surface area contributed by atoms with Crippen LogP contribution >= 0.6 is 11.6 Å². The minimum absolute atomic E-state index is 0.241. The second-order valence-electron chi connectivity index (χ2n) is 5.61. The summed E-state index contributed by atoms with van der Waals surface area (Å²) >= 11 is 6.05. The van der Waals surface area contributed by atoms with Crippen LogP contribution in [0.3, 0.4) is 0 Å². The van der Waals surface area contributed by atoms with Crippen LogP contribution in [0.5, 0.6) is 5.75 Å². The lowest BCUT2D eigenvalue weighted by Crippen LogP contribution is -2.21. The van der Waals surface area contributed by atoms with Crippen molar-refractivity contribution in [1.82, 2.24) is 0 Å². The van der Waals surface area contributed by atoms with E-state index in [1.54, 1.807) is 13.2 Å². The molecule has 110 valence electrons. The summed E-state index contributed by atoms with van der Waals surface area (Å²) in [7, 11) is 1.59. The van der Waals surface area contributed by atoms with Gasteiger partial charge in [-0.3, -0.25) is 0 Å².